The molecule has 0 saturated heterocycles. The van der Waals surface area contributed by atoms with Gasteiger partial charge >= 0.3 is 0 Å². The lowest BCUT2D eigenvalue weighted by molar-refractivity contribution is -0.124. The number of aromatic nitrogens is 2. The summed E-state index contributed by atoms with van der Waals surface area (Å²) in [5.74, 6) is 1.20. The molecule has 0 aliphatic heterocycles. The number of nitrogens with zero attached hydrogens (tertiary/aromatic N) is 2. The fourth-order valence-corrected chi connectivity index (χ4v) is 4.48. The predicted octanol–water partition coefficient (Wildman–Crippen LogP) is 3.98. The Morgan fingerprint density at radius 1 is 1.04 bits per heavy atom. The van der Waals surface area contributed by atoms with Crippen LogP contribution in [-0.4, -0.2) is 20.4 Å². The third-order valence-electron chi connectivity index (χ3n) is 4.83. The SMILES string of the molecule is O=C(NC(=S)Nc1nsc(C2CCCCC2)n1)C1CCCCC1. The minimum atomic E-state index is 0.0323. The molecule has 0 aromatic carbocycles. The molecule has 126 valence electrons. The second kappa shape index (κ2) is 8.15. The van der Waals surface area contributed by atoms with Crippen molar-refractivity contribution in [3.05, 3.63) is 5.01 Å². The third kappa shape index (κ3) is 4.70. The zero-order valence-corrected chi connectivity index (χ0v) is 15.0. The summed E-state index contributed by atoms with van der Waals surface area (Å²) in [5, 5.41) is 7.16. The molecule has 0 unspecified atom stereocenters. The van der Waals surface area contributed by atoms with Gasteiger partial charge in [0.05, 0.1) is 0 Å². The first-order valence-corrected chi connectivity index (χ1v) is 9.86. The highest BCUT2D eigenvalue weighted by Crippen LogP contribution is 2.33. The van der Waals surface area contributed by atoms with Crippen molar-refractivity contribution in [1.82, 2.24) is 14.7 Å². The van der Waals surface area contributed by atoms with Crippen LogP contribution in [0.1, 0.15) is 75.1 Å². The van der Waals surface area contributed by atoms with Gasteiger partial charge in [0.15, 0.2) is 5.11 Å². The van der Waals surface area contributed by atoms with E-state index in [2.05, 4.69) is 20.0 Å². The molecule has 3 rings (SSSR count). The molecule has 23 heavy (non-hydrogen) atoms. The Morgan fingerprint density at radius 3 is 2.39 bits per heavy atom. The monoisotopic (exact) mass is 352 g/mol. The maximum atomic E-state index is 12.2. The van der Waals surface area contributed by atoms with Crippen molar-refractivity contribution in [1.29, 1.82) is 0 Å². The lowest BCUT2D eigenvalue weighted by Gasteiger charge is -2.20. The van der Waals surface area contributed by atoms with Gasteiger partial charge in [0.1, 0.15) is 5.01 Å². The van der Waals surface area contributed by atoms with E-state index in [1.54, 1.807) is 0 Å². The van der Waals surface area contributed by atoms with Crippen molar-refractivity contribution >= 4 is 40.7 Å². The minimum absolute atomic E-state index is 0.0323. The second-order valence-electron chi connectivity index (χ2n) is 6.57. The molecule has 2 saturated carbocycles. The van der Waals surface area contributed by atoms with Gasteiger partial charge < -0.3 is 10.6 Å². The lowest BCUT2D eigenvalue weighted by atomic mass is 9.89. The molecule has 0 atom stereocenters. The number of rotatable bonds is 3. The number of hydrogen-bond acceptors (Lipinski definition) is 5. The van der Waals surface area contributed by atoms with E-state index in [0.717, 1.165) is 30.7 Å². The van der Waals surface area contributed by atoms with E-state index in [0.29, 0.717) is 17.0 Å². The van der Waals surface area contributed by atoms with Crippen LogP contribution in [0.5, 0.6) is 0 Å². The van der Waals surface area contributed by atoms with Crippen molar-refractivity contribution in [2.45, 2.75) is 70.1 Å². The molecule has 1 amide bonds. The number of hydrogen-bond donors (Lipinski definition) is 2. The molecule has 1 heterocycles. The van der Waals surface area contributed by atoms with E-state index in [4.69, 9.17) is 12.2 Å². The summed E-state index contributed by atoms with van der Waals surface area (Å²) in [7, 11) is 0. The van der Waals surface area contributed by atoms with E-state index >= 15 is 0 Å². The van der Waals surface area contributed by atoms with Gasteiger partial charge in [-0.1, -0.05) is 38.5 Å². The fraction of sp³-hybridized carbons (Fsp3) is 0.750. The Balaban J connectivity index is 1.49. The minimum Gasteiger partial charge on any atom is -0.303 e. The Labute approximate surface area is 146 Å². The Kier molecular flexibility index (Phi) is 5.94. The van der Waals surface area contributed by atoms with Crippen LogP contribution in [0.4, 0.5) is 5.95 Å². The molecule has 2 aliphatic carbocycles. The smallest absolute Gasteiger partial charge is 0.241 e. The van der Waals surface area contributed by atoms with Gasteiger partial charge in [-0.25, -0.2) is 4.98 Å². The summed E-state index contributed by atoms with van der Waals surface area (Å²) in [5.41, 5.74) is 0. The van der Waals surface area contributed by atoms with Crippen LogP contribution in [0.2, 0.25) is 0 Å². The van der Waals surface area contributed by atoms with E-state index in [9.17, 15) is 4.79 Å². The van der Waals surface area contributed by atoms with Gasteiger partial charge in [-0.05, 0) is 49.4 Å². The van der Waals surface area contributed by atoms with Crippen LogP contribution in [0.25, 0.3) is 0 Å². The molecule has 2 N–H and O–H groups in total. The van der Waals surface area contributed by atoms with E-state index in [1.165, 1.54) is 50.1 Å². The van der Waals surface area contributed by atoms with Gasteiger partial charge in [0.25, 0.3) is 0 Å². The first-order valence-electron chi connectivity index (χ1n) is 8.68. The summed E-state index contributed by atoms with van der Waals surface area (Å²) in [4.78, 5) is 16.7. The first kappa shape index (κ1) is 16.8. The second-order valence-corrected chi connectivity index (χ2v) is 7.76. The van der Waals surface area contributed by atoms with E-state index in [1.807, 2.05) is 0 Å². The largest absolute Gasteiger partial charge is 0.303 e. The van der Waals surface area contributed by atoms with Crippen LogP contribution in [0.3, 0.4) is 0 Å². The average molecular weight is 353 g/mol. The lowest BCUT2D eigenvalue weighted by Crippen LogP contribution is -2.39. The molecule has 0 bridgehead atoms. The van der Waals surface area contributed by atoms with Gasteiger partial charge in [0, 0.05) is 11.8 Å². The molecular formula is C16H24N4OS2. The summed E-state index contributed by atoms with van der Waals surface area (Å²) in [6, 6.07) is 0. The summed E-state index contributed by atoms with van der Waals surface area (Å²) < 4.78 is 4.33. The number of thiocarbonyl (C=S) groups is 1. The molecule has 2 fully saturated rings. The standard InChI is InChI=1S/C16H24N4OS2/c21-13(11-7-3-1-4-8-11)17-16(22)19-15-18-14(23-20-15)12-9-5-2-6-10-12/h11-12H,1-10H2,(H2,17,19,20,21,22). The van der Waals surface area contributed by atoms with Crippen molar-refractivity contribution in [2.24, 2.45) is 5.92 Å². The zero-order chi connectivity index (χ0) is 16.1. The highest BCUT2D eigenvalue weighted by molar-refractivity contribution is 7.80. The molecule has 2 aliphatic rings. The van der Waals surface area contributed by atoms with Crippen LogP contribution in [0.15, 0.2) is 0 Å². The van der Waals surface area contributed by atoms with Gasteiger partial charge in [-0.3, -0.25) is 4.79 Å². The van der Waals surface area contributed by atoms with E-state index < -0.39 is 0 Å². The van der Waals surface area contributed by atoms with E-state index in [-0.39, 0.29) is 11.8 Å². The average Bonchev–Trinajstić information content (AvgIpc) is 3.04. The maximum absolute atomic E-state index is 12.2. The maximum Gasteiger partial charge on any atom is 0.241 e. The van der Waals surface area contributed by atoms with Crippen LogP contribution in [0, 0.1) is 5.92 Å². The summed E-state index contributed by atoms with van der Waals surface area (Å²) >= 11 is 6.68. The predicted molar refractivity (Wildman–Crippen MR) is 96.7 cm³/mol. The van der Waals surface area contributed by atoms with Crippen molar-refractivity contribution < 1.29 is 4.79 Å². The number of anilines is 1. The molecular weight excluding hydrogens is 328 g/mol. The molecule has 0 radical (unpaired) electrons. The van der Waals surface area contributed by atoms with Crippen molar-refractivity contribution in [3.63, 3.8) is 0 Å². The number of carbonyl (C=O) groups is 1. The summed E-state index contributed by atoms with van der Waals surface area (Å²) in [6.07, 6.45) is 11.7. The van der Waals surface area contributed by atoms with Crippen LogP contribution < -0.4 is 10.6 Å². The topological polar surface area (TPSA) is 66.9 Å². The fourth-order valence-electron chi connectivity index (χ4n) is 3.51. The Bertz CT molecular complexity index is 548. The quantitative estimate of drug-likeness (QED) is 0.806. The summed E-state index contributed by atoms with van der Waals surface area (Å²) in [6.45, 7) is 0. The van der Waals surface area contributed by atoms with Crippen LogP contribution >= 0.6 is 23.8 Å². The number of carbonyl (C=O) groups excluding carboxylic acids is 1. The molecule has 5 nitrogen and oxygen atoms in total. The first-order chi connectivity index (χ1) is 11.2. The normalized spacial score (nSPS) is 20.2. The Morgan fingerprint density at radius 2 is 1.70 bits per heavy atom. The van der Waals surface area contributed by atoms with Gasteiger partial charge in [-0.15, -0.1) is 0 Å². The molecule has 1 aromatic rings. The highest BCUT2D eigenvalue weighted by atomic mass is 32.1. The van der Waals surface area contributed by atoms with Gasteiger partial charge in [0.2, 0.25) is 11.9 Å². The Hall–Kier alpha value is -1.08. The molecule has 0 spiro atoms. The van der Waals surface area contributed by atoms with Crippen molar-refractivity contribution in [2.75, 3.05) is 5.32 Å². The third-order valence-corrected chi connectivity index (χ3v) is 5.91. The molecule has 7 heteroatoms. The number of amides is 1. The molecule has 1 aromatic heterocycles. The highest BCUT2D eigenvalue weighted by Gasteiger charge is 2.23. The number of nitrogens with one attached hydrogen (secondary N) is 2. The zero-order valence-electron chi connectivity index (χ0n) is 13.3. The van der Waals surface area contributed by atoms with Gasteiger partial charge in [-0.2, -0.15) is 4.37 Å². The van der Waals surface area contributed by atoms with Crippen LogP contribution in [-0.2, 0) is 4.79 Å². The van der Waals surface area contributed by atoms with Crippen molar-refractivity contribution in [3.8, 4) is 0 Å².